The molecule has 0 radical (unpaired) electrons. The van der Waals surface area contributed by atoms with Crippen molar-refractivity contribution >= 4 is 5.97 Å². The maximum Gasteiger partial charge on any atom is 0.338 e. The van der Waals surface area contributed by atoms with Crippen molar-refractivity contribution in [2.24, 2.45) is 0 Å². The van der Waals surface area contributed by atoms with Crippen LogP contribution in [0.3, 0.4) is 0 Å². The Kier molecular flexibility index (Phi) is 4.88. The van der Waals surface area contributed by atoms with Crippen LogP contribution in [0.25, 0.3) is 0 Å². The summed E-state index contributed by atoms with van der Waals surface area (Å²) in [7, 11) is 0. The Morgan fingerprint density at radius 3 is 2.50 bits per heavy atom. The maximum absolute atomic E-state index is 10.7. The van der Waals surface area contributed by atoms with Gasteiger partial charge in [0.1, 0.15) is 0 Å². The third-order valence-electron chi connectivity index (χ3n) is 1.05. The molecule has 0 aliphatic rings. The average molecular weight is 148 g/mol. The molecule has 0 rings (SSSR count). The molecule has 0 amide bonds. The van der Waals surface area contributed by atoms with Gasteiger partial charge in [0.25, 0.3) is 0 Å². The highest BCUT2D eigenvalue weighted by Crippen LogP contribution is 1.97. The lowest BCUT2D eigenvalue weighted by molar-refractivity contribution is -0.278. The zero-order valence-corrected chi connectivity index (χ0v) is 6.16. The molecule has 4 nitrogen and oxygen atoms in total. The second-order valence-corrected chi connectivity index (χ2v) is 1.75. The van der Waals surface area contributed by atoms with E-state index < -0.39 is 12.1 Å². The Balaban J connectivity index is 3.65. The van der Waals surface area contributed by atoms with Crippen molar-refractivity contribution in [1.82, 2.24) is 0 Å². The van der Waals surface area contributed by atoms with E-state index >= 15 is 0 Å². The average Bonchev–Trinajstić information content (AvgIpc) is 1.91. The Hall–Kier alpha value is -0.610. The summed E-state index contributed by atoms with van der Waals surface area (Å²) in [5, 5.41) is 8.12. The van der Waals surface area contributed by atoms with Crippen LogP contribution >= 0.6 is 0 Å². The molecule has 10 heavy (non-hydrogen) atoms. The highest BCUT2D eigenvalue weighted by atomic mass is 17.1. The maximum atomic E-state index is 10.7. The molecule has 0 bridgehead atoms. The summed E-state index contributed by atoms with van der Waals surface area (Å²) in [6.07, 6.45) is -0.421. The third kappa shape index (κ3) is 2.80. The second kappa shape index (κ2) is 5.20. The molecule has 0 aromatic heterocycles. The number of carbonyl (C=O) groups excluding carboxylic acids is 1. The summed E-state index contributed by atoms with van der Waals surface area (Å²) in [6, 6.07) is 0. The minimum atomic E-state index is -0.833. The van der Waals surface area contributed by atoms with E-state index in [2.05, 4.69) is 9.62 Å². The zero-order chi connectivity index (χ0) is 7.98. The molecule has 0 aliphatic carbocycles. The van der Waals surface area contributed by atoms with E-state index in [1.54, 1.807) is 13.8 Å². The van der Waals surface area contributed by atoms with Gasteiger partial charge in [-0.3, -0.25) is 5.26 Å². The van der Waals surface area contributed by atoms with Crippen LogP contribution in [0.2, 0.25) is 0 Å². The Bertz CT molecular complexity index is 97.9. The van der Waals surface area contributed by atoms with Crippen LogP contribution in [0.15, 0.2) is 0 Å². The number of esters is 1. The van der Waals surface area contributed by atoms with Gasteiger partial charge in [-0.2, -0.15) is 0 Å². The molecule has 4 heteroatoms. The first-order valence-electron chi connectivity index (χ1n) is 3.23. The zero-order valence-electron chi connectivity index (χ0n) is 6.16. The smallest absolute Gasteiger partial charge is 0.338 e. The van der Waals surface area contributed by atoms with E-state index in [0.29, 0.717) is 13.0 Å². The lowest BCUT2D eigenvalue weighted by atomic mass is 10.3. The number of ether oxygens (including phenoxy) is 1. The van der Waals surface area contributed by atoms with Crippen LogP contribution in [0.4, 0.5) is 0 Å². The normalized spacial score (nSPS) is 12.7. The molecule has 0 fully saturated rings. The molecule has 0 aromatic carbocycles. The van der Waals surface area contributed by atoms with Crippen molar-refractivity contribution in [3.63, 3.8) is 0 Å². The largest absolute Gasteiger partial charge is 0.464 e. The molecular weight excluding hydrogens is 136 g/mol. The summed E-state index contributed by atoms with van der Waals surface area (Å²) in [5.74, 6) is -0.521. The fourth-order valence-electron chi connectivity index (χ4n) is 0.519. The molecule has 1 atom stereocenters. The van der Waals surface area contributed by atoms with Gasteiger partial charge in [0, 0.05) is 0 Å². The fourth-order valence-corrected chi connectivity index (χ4v) is 0.519. The van der Waals surface area contributed by atoms with Crippen LogP contribution in [0.1, 0.15) is 20.3 Å². The molecule has 0 spiro atoms. The summed E-state index contributed by atoms with van der Waals surface area (Å²) < 4.78 is 4.56. The minimum absolute atomic E-state index is 0.304. The van der Waals surface area contributed by atoms with Crippen molar-refractivity contribution in [1.29, 1.82) is 0 Å². The lowest BCUT2D eigenvalue weighted by Crippen LogP contribution is -2.24. The van der Waals surface area contributed by atoms with Gasteiger partial charge >= 0.3 is 5.97 Å². The molecular formula is C6H12O4. The second-order valence-electron chi connectivity index (χ2n) is 1.75. The standard InChI is InChI=1S/C6H12O4/c1-3-5(10-8)6(7)9-4-2/h5,8H,3-4H2,1-2H3. The monoisotopic (exact) mass is 148 g/mol. The Labute approximate surface area is 59.7 Å². The van der Waals surface area contributed by atoms with Gasteiger partial charge in [0.15, 0.2) is 6.10 Å². The first-order valence-corrected chi connectivity index (χ1v) is 3.23. The van der Waals surface area contributed by atoms with Gasteiger partial charge in [0.2, 0.25) is 0 Å². The molecule has 0 saturated heterocycles. The highest BCUT2D eigenvalue weighted by molar-refractivity contribution is 5.74. The topological polar surface area (TPSA) is 55.8 Å². The van der Waals surface area contributed by atoms with E-state index in [4.69, 9.17) is 5.26 Å². The minimum Gasteiger partial charge on any atom is -0.464 e. The van der Waals surface area contributed by atoms with Crippen molar-refractivity contribution in [2.75, 3.05) is 6.61 Å². The van der Waals surface area contributed by atoms with Crippen LogP contribution < -0.4 is 0 Å². The Morgan fingerprint density at radius 1 is 1.60 bits per heavy atom. The first kappa shape index (κ1) is 9.39. The first-order chi connectivity index (χ1) is 4.76. The molecule has 0 heterocycles. The van der Waals surface area contributed by atoms with E-state index in [-0.39, 0.29) is 0 Å². The molecule has 60 valence electrons. The van der Waals surface area contributed by atoms with Crippen LogP contribution in [0.5, 0.6) is 0 Å². The van der Waals surface area contributed by atoms with Crippen molar-refractivity contribution in [3.05, 3.63) is 0 Å². The predicted molar refractivity (Wildman–Crippen MR) is 34.4 cm³/mol. The SMILES string of the molecule is CCOC(=O)C(CC)OO. The highest BCUT2D eigenvalue weighted by Gasteiger charge is 2.17. The summed E-state index contributed by atoms with van der Waals surface area (Å²) in [4.78, 5) is 14.5. The summed E-state index contributed by atoms with van der Waals surface area (Å²) in [5.41, 5.74) is 0. The van der Waals surface area contributed by atoms with Crippen molar-refractivity contribution < 1.29 is 19.7 Å². The Morgan fingerprint density at radius 2 is 2.20 bits per heavy atom. The van der Waals surface area contributed by atoms with Crippen molar-refractivity contribution in [2.45, 2.75) is 26.4 Å². The molecule has 1 N–H and O–H groups in total. The number of carbonyl (C=O) groups is 1. The third-order valence-corrected chi connectivity index (χ3v) is 1.05. The van der Waals surface area contributed by atoms with Crippen LogP contribution in [-0.2, 0) is 14.4 Å². The quantitative estimate of drug-likeness (QED) is 0.364. The number of hydrogen-bond donors (Lipinski definition) is 1. The molecule has 0 saturated carbocycles. The van der Waals surface area contributed by atoms with E-state index in [1.165, 1.54) is 0 Å². The fraction of sp³-hybridized carbons (Fsp3) is 0.833. The van der Waals surface area contributed by atoms with Gasteiger partial charge < -0.3 is 4.74 Å². The molecule has 0 aromatic rings. The molecule has 1 unspecified atom stereocenters. The summed E-state index contributed by atoms with van der Waals surface area (Å²) in [6.45, 7) is 3.72. The van der Waals surface area contributed by atoms with Crippen molar-refractivity contribution in [3.8, 4) is 0 Å². The van der Waals surface area contributed by atoms with Crippen LogP contribution in [0, 0.1) is 0 Å². The van der Waals surface area contributed by atoms with Gasteiger partial charge in [-0.05, 0) is 13.3 Å². The predicted octanol–water partition coefficient (Wildman–Crippen LogP) is 0.818. The van der Waals surface area contributed by atoms with Gasteiger partial charge in [0.05, 0.1) is 6.61 Å². The van der Waals surface area contributed by atoms with E-state index in [9.17, 15) is 4.79 Å². The van der Waals surface area contributed by atoms with E-state index in [1.807, 2.05) is 0 Å². The lowest BCUT2D eigenvalue weighted by Gasteiger charge is -2.08. The summed E-state index contributed by atoms with van der Waals surface area (Å²) >= 11 is 0. The number of hydrogen-bond acceptors (Lipinski definition) is 4. The van der Waals surface area contributed by atoms with Gasteiger partial charge in [-0.15, -0.1) is 0 Å². The van der Waals surface area contributed by atoms with Crippen LogP contribution in [-0.4, -0.2) is 23.9 Å². The van der Waals surface area contributed by atoms with E-state index in [0.717, 1.165) is 0 Å². The van der Waals surface area contributed by atoms with Gasteiger partial charge in [-0.25, -0.2) is 9.68 Å². The molecule has 0 aliphatic heterocycles. The van der Waals surface area contributed by atoms with Gasteiger partial charge in [-0.1, -0.05) is 6.92 Å². The number of rotatable bonds is 4.